The average Bonchev–Trinajstić information content (AvgIpc) is 2.29. The lowest BCUT2D eigenvalue weighted by molar-refractivity contribution is 0.204. The number of hydrogen-bond acceptors (Lipinski definition) is 4. The highest BCUT2D eigenvalue weighted by Gasteiger charge is 2.09. The van der Waals surface area contributed by atoms with Crippen LogP contribution in [0.15, 0.2) is 12.1 Å². The van der Waals surface area contributed by atoms with Crippen molar-refractivity contribution in [1.29, 1.82) is 0 Å². The maximum absolute atomic E-state index is 9.00. The lowest BCUT2D eigenvalue weighted by Crippen LogP contribution is -2.28. The number of aryl methyl sites for hydroxylation is 2. The van der Waals surface area contributed by atoms with Gasteiger partial charge in [-0.3, -0.25) is 0 Å². The number of ether oxygens (including phenoxy) is 1. The maximum Gasteiger partial charge on any atom is 0.122 e. The van der Waals surface area contributed by atoms with Gasteiger partial charge in [-0.1, -0.05) is 0 Å². The van der Waals surface area contributed by atoms with Crippen molar-refractivity contribution in [3.63, 3.8) is 0 Å². The molecule has 0 atom stereocenters. The first kappa shape index (κ1) is 12.8. The molecule has 0 amide bonds. The van der Waals surface area contributed by atoms with Gasteiger partial charge in [-0.05, 0) is 37.1 Å². The van der Waals surface area contributed by atoms with Crippen molar-refractivity contribution in [2.24, 2.45) is 0 Å². The number of rotatable bonds is 5. The van der Waals surface area contributed by atoms with Gasteiger partial charge in [0.1, 0.15) is 5.75 Å². The van der Waals surface area contributed by atoms with Gasteiger partial charge >= 0.3 is 0 Å². The number of benzene rings is 1. The molecule has 0 spiro atoms. The molecule has 90 valence electrons. The number of nitrogens with one attached hydrogen (secondary N) is 1. The van der Waals surface area contributed by atoms with Crippen LogP contribution in [0.5, 0.6) is 5.75 Å². The fourth-order valence-electron chi connectivity index (χ4n) is 1.53. The van der Waals surface area contributed by atoms with Crippen molar-refractivity contribution in [1.82, 2.24) is 0 Å². The van der Waals surface area contributed by atoms with E-state index in [2.05, 4.69) is 5.32 Å². The molecular weight excluding hydrogens is 206 g/mol. The molecule has 0 aliphatic heterocycles. The highest BCUT2D eigenvalue weighted by molar-refractivity contribution is 5.57. The summed E-state index contributed by atoms with van der Waals surface area (Å²) in [6.07, 6.45) is 0. The van der Waals surface area contributed by atoms with Crippen LogP contribution < -0.4 is 10.1 Å². The first-order chi connectivity index (χ1) is 7.62. The molecule has 16 heavy (non-hydrogen) atoms. The van der Waals surface area contributed by atoms with E-state index in [9.17, 15) is 0 Å². The van der Waals surface area contributed by atoms with Crippen LogP contribution in [0.25, 0.3) is 0 Å². The van der Waals surface area contributed by atoms with Gasteiger partial charge < -0.3 is 20.3 Å². The minimum Gasteiger partial charge on any atom is -0.496 e. The summed E-state index contributed by atoms with van der Waals surface area (Å²) in [5.41, 5.74) is 2.95. The van der Waals surface area contributed by atoms with Crippen LogP contribution >= 0.6 is 0 Å². The Morgan fingerprint density at radius 2 is 1.81 bits per heavy atom. The molecule has 3 N–H and O–H groups in total. The quantitative estimate of drug-likeness (QED) is 0.701. The van der Waals surface area contributed by atoms with Crippen molar-refractivity contribution in [2.45, 2.75) is 19.9 Å². The molecule has 0 unspecified atom stereocenters. The van der Waals surface area contributed by atoms with Crippen LogP contribution in [0.3, 0.4) is 0 Å². The van der Waals surface area contributed by atoms with E-state index in [1.807, 2.05) is 26.0 Å². The molecule has 4 nitrogen and oxygen atoms in total. The van der Waals surface area contributed by atoms with E-state index < -0.39 is 0 Å². The molecule has 1 aromatic carbocycles. The number of methoxy groups -OCH3 is 1. The van der Waals surface area contributed by atoms with E-state index in [1.54, 1.807) is 7.11 Å². The number of hydrogen-bond donors (Lipinski definition) is 3. The van der Waals surface area contributed by atoms with Gasteiger partial charge in [-0.15, -0.1) is 0 Å². The Labute approximate surface area is 95.9 Å². The topological polar surface area (TPSA) is 61.7 Å². The third kappa shape index (κ3) is 2.87. The summed E-state index contributed by atoms with van der Waals surface area (Å²) < 4.78 is 5.21. The summed E-state index contributed by atoms with van der Waals surface area (Å²) in [6, 6.07) is 3.56. The fourth-order valence-corrected chi connectivity index (χ4v) is 1.53. The van der Waals surface area contributed by atoms with Gasteiger partial charge in [-0.2, -0.15) is 0 Å². The van der Waals surface area contributed by atoms with Crippen LogP contribution in [0.4, 0.5) is 5.69 Å². The Bertz CT molecular complexity index is 348. The highest BCUT2D eigenvalue weighted by Crippen LogP contribution is 2.26. The van der Waals surface area contributed by atoms with Crippen LogP contribution in [0, 0.1) is 13.8 Å². The Balaban J connectivity index is 2.92. The van der Waals surface area contributed by atoms with Gasteiger partial charge in [0.05, 0.1) is 26.4 Å². The zero-order valence-electron chi connectivity index (χ0n) is 9.95. The zero-order valence-corrected chi connectivity index (χ0v) is 9.95. The Kier molecular flexibility index (Phi) is 4.58. The third-order valence-corrected chi connectivity index (χ3v) is 2.54. The third-order valence-electron chi connectivity index (χ3n) is 2.54. The molecular formula is C12H19NO3. The SMILES string of the molecule is COc1cc(C)c(NC(CO)CO)cc1C. The van der Waals surface area contributed by atoms with E-state index in [0.717, 1.165) is 22.6 Å². The second-order valence-corrected chi connectivity index (χ2v) is 3.84. The molecule has 0 heterocycles. The highest BCUT2D eigenvalue weighted by atomic mass is 16.5. The number of anilines is 1. The second kappa shape index (κ2) is 5.72. The lowest BCUT2D eigenvalue weighted by atomic mass is 10.1. The zero-order chi connectivity index (χ0) is 12.1. The summed E-state index contributed by atoms with van der Waals surface area (Å²) in [6.45, 7) is 3.72. The van der Waals surface area contributed by atoms with Crippen LogP contribution in [0.1, 0.15) is 11.1 Å². The van der Waals surface area contributed by atoms with Crippen molar-refractivity contribution in [2.75, 3.05) is 25.6 Å². The van der Waals surface area contributed by atoms with Gasteiger partial charge in [-0.25, -0.2) is 0 Å². The van der Waals surface area contributed by atoms with E-state index in [4.69, 9.17) is 14.9 Å². The smallest absolute Gasteiger partial charge is 0.122 e. The van der Waals surface area contributed by atoms with Crippen molar-refractivity contribution < 1.29 is 14.9 Å². The minimum absolute atomic E-state index is 0.0962. The Morgan fingerprint density at radius 3 is 2.31 bits per heavy atom. The standard InChI is InChI=1S/C12H19NO3/c1-8-5-12(16-3)9(2)4-11(8)13-10(6-14)7-15/h4-5,10,13-15H,6-7H2,1-3H3. The van der Waals surface area contributed by atoms with Gasteiger partial charge in [0.15, 0.2) is 0 Å². The summed E-state index contributed by atoms with van der Waals surface area (Å²) in [7, 11) is 1.64. The van der Waals surface area contributed by atoms with Crippen molar-refractivity contribution >= 4 is 5.69 Å². The molecule has 0 saturated carbocycles. The molecule has 0 bridgehead atoms. The number of aliphatic hydroxyl groups excluding tert-OH is 2. The van der Waals surface area contributed by atoms with Gasteiger partial charge in [0.25, 0.3) is 0 Å². The predicted molar refractivity (Wildman–Crippen MR) is 64.1 cm³/mol. The minimum atomic E-state index is -0.327. The normalized spacial score (nSPS) is 10.6. The van der Waals surface area contributed by atoms with E-state index in [-0.39, 0.29) is 19.3 Å². The summed E-state index contributed by atoms with van der Waals surface area (Å²) in [4.78, 5) is 0. The van der Waals surface area contributed by atoms with E-state index >= 15 is 0 Å². The molecule has 0 aliphatic carbocycles. The van der Waals surface area contributed by atoms with Crippen LogP contribution in [0.2, 0.25) is 0 Å². The molecule has 4 heteroatoms. The lowest BCUT2D eigenvalue weighted by Gasteiger charge is -2.18. The van der Waals surface area contributed by atoms with Crippen molar-refractivity contribution in [3.05, 3.63) is 23.3 Å². The van der Waals surface area contributed by atoms with Crippen LogP contribution in [-0.4, -0.2) is 36.6 Å². The monoisotopic (exact) mass is 225 g/mol. The molecule has 0 aromatic heterocycles. The molecule has 0 radical (unpaired) electrons. The van der Waals surface area contributed by atoms with Gasteiger partial charge in [0, 0.05) is 5.69 Å². The first-order valence-corrected chi connectivity index (χ1v) is 5.25. The van der Waals surface area contributed by atoms with Crippen LogP contribution in [-0.2, 0) is 0 Å². The van der Waals surface area contributed by atoms with E-state index in [0.29, 0.717) is 0 Å². The fraction of sp³-hybridized carbons (Fsp3) is 0.500. The van der Waals surface area contributed by atoms with E-state index in [1.165, 1.54) is 0 Å². The summed E-state index contributed by atoms with van der Waals surface area (Å²) >= 11 is 0. The predicted octanol–water partition coefficient (Wildman–Crippen LogP) is 1.08. The summed E-state index contributed by atoms with van der Waals surface area (Å²) in [5.74, 6) is 0.840. The second-order valence-electron chi connectivity index (χ2n) is 3.84. The molecule has 1 aromatic rings. The Morgan fingerprint density at radius 1 is 1.19 bits per heavy atom. The molecule has 1 rings (SSSR count). The summed E-state index contributed by atoms with van der Waals surface area (Å²) in [5, 5.41) is 21.1. The molecule has 0 aliphatic rings. The van der Waals surface area contributed by atoms with Gasteiger partial charge in [0.2, 0.25) is 0 Å². The number of aliphatic hydroxyl groups is 2. The maximum atomic E-state index is 9.00. The first-order valence-electron chi connectivity index (χ1n) is 5.25. The largest absolute Gasteiger partial charge is 0.496 e. The molecule has 0 fully saturated rings. The average molecular weight is 225 g/mol. The van der Waals surface area contributed by atoms with Crippen molar-refractivity contribution in [3.8, 4) is 5.75 Å². The molecule has 0 saturated heterocycles. The Hall–Kier alpha value is -1.26.